The number of hydrogen-bond donors (Lipinski definition) is 1. The van der Waals surface area contributed by atoms with Crippen molar-refractivity contribution in [3.8, 4) is 0 Å². The quantitative estimate of drug-likeness (QED) is 0.872. The largest absolute Gasteiger partial charge is 0.354 e. The van der Waals surface area contributed by atoms with Crippen LogP contribution in [-0.4, -0.2) is 44.6 Å². The normalized spacial score (nSPS) is 15.7. The van der Waals surface area contributed by atoms with Gasteiger partial charge in [0.2, 0.25) is 5.91 Å². The first-order valence-electron chi connectivity index (χ1n) is 6.73. The summed E-state index contributed by atoms with van der Waals surface area (Å²) in [4.78, 5) is 26.8. The highest BCUT2D eigenvalue weighted by molar-refractivity contribution is 5.87. The zero-order chi connectivity index (χ0) is 14.3. The van der Waals surface area contributed by atoms with Gasteiger partial charge in [0.25, 0.3) is 0 Å². The van der Waals surface area contributed by atoms with Crippen molar-refractivity contribution in [1.29, 1.82) is 0 Å². The molecule has 0 atom stereocenters. The maximum atomic E-state index is 11.9. The molecule has 0 unspecified atom stereocenters. The molecule has 1 aliphatic heterocycles. The highest BCUT2D eigenvalue weighted by Gasteiger charge is 2.34. The number of carbonyl (C=O) groups excluding carboxylic acids is 1. The lowest BCUT2D eigenvalue weighted by Gasteiger charge is -2.39. The Kier molecular flexibility index (Phi) is 3.04. The smallest absolute Gasteiger partial charge is 0.226 e. The second-order valence-corrected chi connectivity index (χ2v) is 5.49. The van der Waals surface area contributed by atoms with Crippen LogP contribution in [0.5, 0.6) is 0 Å². The van der Waals surface area contributed by atoms with Crippen molar-refractivity contribution in [3.05, 3.63) is 12.7 Å². The van der Waals surface area contributed by atoms with Crippen LogP contribution in [0.2, 0.25) is 0 Å². The molecule has 2 aromatic rings. The standard InChI is InChI=1S/C13H18N6O/c1-8(2)17-13(20)9-4-19(5-9)12-10-11(14-6-15-12)18(3)7-16-10/h6-9H,4-5H2,1-3H3,(H,17,20). The van der Waals surface area contributed by atoms with Gasteiger partial charge in [0.15, 0.2) is 17.0 Å². The van der Waals surface area contributed by atoms with E-state index in [-0.39, 0.29) is 17.9 Å². The van der Waals surface area contributed by atoms with Gasteiger partial charge in [-0.05, 0) is 13.8 Å². The number of nitrogens with one attached hydrogen (secondary N) is 1. The number of hydrogen-bond acceptors (Lipinski definition) is 5. The van der Waals surface area contributed by atoms with Gasteiger partial charge in [-0.25, -0.2) is 15.0 Å². The summed E-state index contributed by atoms with van der Waals surface area (Å²) in [7, 11) is 1.90. The van der Waals surface area contributed by atoms with Crippen molar-refractivity contribution in [2.45, 2.75) is 19.9 Å². The molecule has 0 aliphatic carbocycles. The first kappa shape index (κ1) is 12.8. The molecule has 1 aliphatic rings. The van der Waals surface area contributed by atoms with Gasteiger partial charge in [-0.2, -0.15) is 0 Å². The first-order valence-corrected chi connectivity index (χ1v) is 6.73. The van der Waals surface area contributed by atoms with Crippen molar-refractivity contribution in [1.82, 2.24) is 24.8 Å². The molecule has 0 saturated carbocycles. The minimum Gasteiger partial charge on any atom is -0.354 e. The Bertz CT molecular complexity index is 643. The first-order chi connectivity index (χ1) is 9.56. The molecule has 0 radical (unpaired) electrons. The average Bonchev–Trinajstić information content (AvgIpc) is 2.69. The van der Waals surface area contributed by atoms with Gasteiger partial charge in [-0.1, -0.05) is 0 Å². The van der Waals surface area contributed by atoms with Crippen LogP contribution in [-0.2, 0) is 11.8 Å². The fourth-order valence-corrected chi connectivity index (χ4v) is 2.38. The van der Waals surface area contributed by atoms with Crippen LogP contribution >= 0.6 is 0 Å². The van der Waals surface area contributed by atoms with Crippen molar-refractivity contribution >= 4 is 22.9 Å². The summed E-state index contributed by atoms with van der Waals surface area (Å²) >= 11 is 0. The highest BCUT2D eigenvalue weighted by Crippen LogP contribution is 2.27. The number of fused-ring (bicyclic) bond motifs is 1. The zero-order valence-corrected chi connectivity index (χ0v) is 11.9. The van der Waals surface area contributed by atoms with E-state index in [1.807, 2.05) is 25.5 Å². The summed E-state index contributed by atoms with van der Waals surface area (Å²) in [6, 6.07) is 0.179. The molecule has 0 spiro atoms. The van der Waals surface area contributed by atoms with Crippen LogP contribution in [0, 0.1) is 5.92 Å². The second-order valence-electron chi connectivity index (χ2n) is 5.49. The number of rotatable bonds is 3. The van der Waals surface area contributed by atoms with Gasteiger partial charge < -0.3 is 14.8 Å². The number of imidazole rings is 1. The lowest BCUT2D eigenvalue weighted by molar-refractivity contribution is -0.126. The lowest BCUT2D eigenvalue weighted by Crippen LogP contribution is -2.55. The molecule has 7 heteroatoms. The van der Waals surface area contributed by atoms with Crippen molar-refractivity contribution in [3.63, 3.8) is 0 Å². The van der Waals surface area contributed by atoms with E-state index in [1.165, 1.54) is 0 Å². The molecule has 1 N–H and O–H groups in total. The van der Waals surface area contributed by atoms with E-state index in [0.717, 1.165) is 17.0 Å². The third-order valence-electron chi connectivity index (χ3n) is 3.46. The van der Waals surface area contributed by atoms with Gasteiger partial charge in [-0.15, -0.1) is 0 Å². The maximum Gasteiger partial charge on any atom is 0.226 e. The third kappa shape index (κ3) is 2.09. The Labute approximate surface area is 117 Å². The van der Waals surface area contributed by atoms with Crippen LogP contribution < -0.4 is 10.2 Å². The minimum atomic E-state index is 0.0335. The molecule has 1 saturated heterocycles. The molecule has 1 amide bonds. The minimum absolute atomic E-state index is 0.0335. The summed E-state index contributed by atoms with van der Waals surface area (Å²) in [6.07, 6.45) is 3.27. The van der Waals surface area contributed by atoms with Gasteiger partial charge >= 0.3 is 0 Å². The molecule has 7 nitrogen and oxygen atoms in total. The van der Waals surface area contributed by atoms with Gasteiger partial charge in [0.1, 0.15) is 6.33 Å². The summed E-state index contributed by atoms with van der Waals surface area (Å²) in [6.45, 7) is 5.30. The Morgan fingerprint density at radius 3 is 2.80 bits per heavy atom. The number of carbonyl (C=O) groups is 1. The summed E-state index contributed by atoms with van der Waals surface area (Å²) in [5, 5.41) is 2.94. The van der Waals surface area contributed by atoms with Crippen molar-refractivity contribution in [2.24, 2.45) is 13.0 Å². The van der Waals surface area contributed by atoms with Gasteiger partial charge in [-0.3, -0.25) is 4.79 Å². The monoisotopic (exact) mass is 274 g/mol. The molecule has 3 heterocycles. The molecule has 106 valence electrons. The van der Waals surface area contributed by atoms with E-state index in [9.17, 15) is 4.79 Å². The molecule has 3 rings (SSSR count). The molecule has 2 aromatic heterocycles. The fraction of sp³-hybridized carbons (Fsp3) is 0.538. The molecule has 1 fully saturated rings. The fourth-order valence-electron chi connectivity index (χ4n) is 2.38. The van der Waals surface area contributed by atoms with E-state index < -0.39 is 0 Å². The second kappa shape index (κ2) is 4.73. The number of aryl methyl sites for hydroxylation is 1. The number of amides is 1. The lowest BCUT2D eigenvalue weighted by atomic mass is 9.99. The summed E-state index contributed by atoms with van der Waals surface area (Å²) < 4.78 is 1.86. The Balaban J connectivity index is 1.74. The van der Waals surface area contributed by atoms with Gasteiger partial charge in [0.05, 0.1) is 12.2 Å². The van der Waals surface area contributed by atoms with E-state index in [2.05, 4.69) is 25.2 Å². The summed E-state index contributed by atoms with van der Waals surface area (Å²) in [5.41, 5.74) is 1.60. The van der Waals surface area contributed by atoms with Crippen LogP contribution in [0.4, 0.5) is 5.82 Å². The Morgan fingerprint density at radius 1 is 1.35 bits per heavy atom. The molecular formula is C13H18N6O. The van der Waals surface area contributed by atoms with E-state index >= 15 is 0 Å². The molecule has 0 bridgehead atoms. The van der Waals surface area contributed by atoms with Crippen molar-refractivity contribution in [2.75, 3.05) is 18.0 Å². The predicted octanol–water partition coefficient (Wildman–Crippen LogP) is 0.324. The number of aromatic nitrogens is 4. The third-order valence-corrected chi connectivity index (χ3v) is 3.46. The SMILES string of the molecule is CC(C)NC(=O)C1CN(c2ncnc3c2ncn3C)C1. The van der Waals surface area contributed by atoms with E-state index in [0.29, 0.717) is 13.1 Å². The molecule has 0 aromatic carbocycles. The number of anilines is 1. The zero-order valence-electron chi connectivity index (χ0n) is 11.9. The predicted molar refractivity (Wildman–Crippen MR) is 75.3 cm³/mol. The summed E-state index contributed by atoms with van der Waals surface area (Å²) in [5.74, 6) is 0.956. The van der Waals surface area contributed by atoms with Gasteiger partial charge in [0, 0.05) is 26.2 Å². The van der Waals surface area contributed by atoms with E-state index in [4.69, 9.17) is 0 Å². The maximum absolute atomic E-state index is 11.9. The molecular weight excluding hydrogens is 256 g/mol. The van der Waals surface area contributed by atoms with Crippen molar-refractivity contribution < 1.29 is 4.79 Å². The van der Waals surface area contributed by atoms with Crippen LogP contribution in [0.3, 0.4) is 0 Å². The highest BCUT2D eigenvalue weighted by atomic mass is 16.2. The Morgan fingerprint density at radius 2 is 2.10 bits per heavy atom. The Hall–Kier alpha value is -2.18. The van der Waals surface area contributed by atoms with Crippen LogP contribution in [0.15, 0.2) is 12.7 Å². The number of nitrogens with zero attached hydrogens (tertiary/aromatic N) is 5. The van der Waals surface area contributed by atoms with E-state index in [1.54, 1.807) is 12.7 Å². The topological polar surface area (TPSA) is 75.9 Å². The van der Waals surface area contributed by atoms with Crippen LogP contribution in [0.25, 0.3) is 11.2 Å². The van der Waals surface area contributed by atoms with Crippen LogP contribution in [0.1, 0.15) is 13.8 Å². The average molecular weight is 274 g/mol. The molecule has 20 heavy (non-hydrogen) atoms.